The van der Waals surface area contributed by atoms with Gasteiger partial charge in [-0.15, -0.1) is 0 Å². The molecule has 0 atom stereocenters. The lowest BCUT2D eigenvalue weighted by atomic mass is 10.1. The molecule has 0 fully saturated rings. The topological polar surface area (TPSA) is 25.8 Å². The maximum atomic E-state index is 6.29. The summed E-state index contributed by atoms with van der Waals surface area (Å²) >= 11 is 12.5. The first-order chi connectivity index (χ1) is 9.56. The smallest absolute Gasteiger partial charge is 0.161 e. The van der Waals surface area contributed by atoms with Crippen molar-refractivity contribution >= 4 is 34.1 Å². The Labute approximate surface area is 127 Å². The third-order valence-electron chi connectivity index (χ3n) is 3.27. The Morgan fingerprint density at radius 1 is 0.850 bits per heavy atom. The van der Waals surface area contributed by atoms with E-state index in [1.54, 1.807) is 0 Å². The second-order valence-corrected chi connectivity index (χ2v) is 5.56. The van der Waals surface area contributed by atoms with Crippen molar-refractivity contribution in [3.05, 3.63) is 57.7 Å². The number of aryl methyl sites for hydroxylation is 2. The third kappa shape index (κ3) is 2.26. The molecule has 2 aromatic carbocycles. The SMILES string of the molecule is Cc1ccc(-c2nc(Cl)c3c(Cl)ccc(C)c3n2)cc1. The highest BCUT2D eigenvalue weighted by molar-refractivity contribution is 6.41. The van der Waals surface area contributed by atoms with Crippen molar-refractivity contribution in [2.24, 2.45) is 0 Å². The number of fused-ring (bicyclic) bond motifs is 1. The van der Waals surface area contributed by atoms with Gasteiger partial charge in [-0.25, -0.2) is 9.97 Å². The van der Waals surface area contributed by atoms with Gasteiger partial charge in [-0.3, -0.25) is 0 Å². The first-order valence-electron chi connectivity index (χ1n) is 6.25. The van der Waals surface area contributed by atoms with Crippen molar-refractivity contribution in [2.45, 2.75) is 13.8 Å². The van der Waals surface area contributed by atoms with Crippen molar-refractivity contribution in [1.82, 2.24) is 9.97 Å². The Bertz CT molecular complexity index is 796. The molecule has 0 N–H and O–H groups in total. The van der Waals surface area contributed by atoms with Crippen molar-refractivity contribution in [3.63, 3.8) is 0 Å². The second-order valence-electron chi connectivity index (χ2n) is 4.79. The Kier molecular flexibility index (Phi) is 3.36. The number of aromatic nitrogens is 2. The first kappa shape index (κ1) is 13.3. The first-order valence-corrected chi connectivity index (χ1v) is 7.01. The number of halogens is 2. The lowest BCUT2D eigenvalue weighted by Crippen LogP contribution is -1.94. The summed E-state index contributed by atoms with van der Waals surface area (Å²) in [6.07, 6.45) is 0. The number of hydrogen-bond acceptors (Lipinski definition) is 2. The van der Waals surface area contributed by atoms with E-state index in [2.05, 4.69) is 9.97 Å². The fourth-order valence-electron chi connectivity index (χ4n) is 2.12. The van der Waals surface area contributed by atoms with Crippen LogP contribution in [0.1, 0.15) is 11.1 Å². The molecule has 0 spiro atoms. The van der Waals surface area contributed by atoms with Crippen LogP contribution in [0.15, 0.2) is 36.4 Å². The highest BCUT2D eigenvalue weighted by Crippen LogP contribution is 2.32. The number of nitrogens with zero attached hydrogens (tertiary/aromatic N) is 2. The summed E-state index contributed by atoms with van der Waals surface area (Å²) in [4.78, 5) is 8.99. The standard InChI is InChI=1S/C16H12Cl2N2/c1-9-3-6-11(7-4-9)16-19-14-10(2)5-8-12(17)13(14)15(18)20-16/h3-8H,1-2H3. The molecular formula is C16H12Cl2N2. The molecule has 0 bridgehead atoms. The van der Waals surface area contributed by atoms with E-state index in [9.17, 15) is 0 Å². The highest BCUT2D eigenvalue weighted by Gasteiger charge is 2.12. The summed E-state index contributed by atoms with van der Waals surface area (Å²) in [5.74, 6) is 0.618. The molecule has 2 nitrogen and oxygen atoms in total. The Morgan fingerprint density at radius 2 is 1.55 bits per heavy atom. The average molecular weight is 303 g/mol. The molecule has 0 saturated carbocycles. The summed E-state index contributed by atoms with van der Waals surface area (Å²) < 4.78 is 0. The van der Waals surface area contributed by atoms with Crippen LogP contribution < -0.4 is 0 Å². The molecule has 0 aliphatic carbocycles. The lowest BCUT2D eigenvalue weighted by Gasteiger charge is -2.08. The van der Waals surface area contributed by atoms with Gasteiger partial charge in [0.2, 0.25) is 0 Å². The molecular weight excluding hydrogens is 291 g/mol. The Hall–Kier alpha value is -1.64. The summed E-state index contributed by atoms with van der Waals surface area (Å²) in [5.41, 5.74) is 3.97. The van der Waals surface area contributed by atoms with Gasteiger partial charge in [-0.2, -0.15) is 0 Å². The van der Waals surface area contributed by atoms with Crippen LogP contribution >= 0.6 is 23.2 Å². The minimum Gasteiger partial charge on any atom is -0.228 e. The van der Waals surface area contributed by atoms with Crippen LogP contribution in [-0.4, -0.2) is 9.97 Å². The van der Waals surface area contributed by atoms with Crippen LogP contribution in [0.3, 0.4) is 0 Å². The average Bonchev–Trinajstić information content (AvgIpc) is 2.43. The second kappa shape index (κ2) is 5.04. The Morgan fingerprint density at radius 3 is 2.25 bits per heavy atom. The molecule has 1 heterocycles. The summed E-state index contributed by atoms with van der Waals surface area (Å²) in [6, 6.07) is 11.8. The summed E-state index contributed by atoms with van der Waals surface area (Å²) in [5, 5.41) is 1.68. The van der Waals surface area contributed by atoms with Gasteiger partial charge in [-0.05, 0) is 25.5 Å². The van der Waals surface area contributed by atoms with Gasteiger partial charge in [0, 0.05) is 5.56 Å². The van der Waals surface area contributed by atoms with Crippen LogP contribution in [0.4, 0.5) is 0 Å². The predicted octanol–water partition coefficient (Wildman–Crippen LogP) is 5.22. The van der Waals surface area contributed by atoms with Crippen LogP contribution in [0.5, 0.6) is 0 Å². The minimum atomic E-state index is 0.388. The molecule has 3 aromatic rings. The zero-order valence-electron chi connectivity index (χ0n) is 11.1. The zero-order valence-corrected chi connectivity index (χ0v) is 12.6. The molecule has 0 saturated heterocycles. The van der Waals surface area contributed by atoms with E-state index in [0.717, 1.165) is 16.6 Å². The van der Waals surface area contributed by atoms with Crippen LogP contribution in [0, 0.1) is 13.8 Å². The van der Waals surface area contributed by atoms with Gasteiger partial charge >= 0.3 is 0 Å². The van der Waals surface area contributed by atoms with E-state index < -0.39 is 0 Å². The summed E-state index contributed by atoms with van der Waals surface area (Å²) in [6.45, 7) is 4.03. The fraction of sp³-hybridized carbons (Fsp3) is 0.125. The van der Waals surface area contributed by atoms with Gasteiger partial charge in [0.25, 0.3) is 0 Å². The third-order valence-corrected chi connectivity index (χ3v) is 3.86. The largest absolute Gasteiger partial charge is 0.228 e. The lowest BCUT2D eigenvalue weighted by molar-refractivity contribution is 1.21. The normalized spacial score (nSPS) is 11.0. The minimum absolute atomic E-state index is 0.388. The molecule has 100 valence electrons. The van der Waals surface area contributed by atoms with Crippen LogP contribution in [-0.2, 0) is 0 Å². The van der Waals surface area contributed by atoms with Gasteiger partial charge < -0.3 is 0 Å². The number of benzene rings is 2. The molecule has 1 aromatic heterocycles. The van der Waals surface area contributed by atoms with E-state index in [1.807, 2.05) is 50.2 Å². The molecule has 0 amide bonds. The van der Waals surface area contributed by atoms with E-state index in [0.29, 0.717) is 21.4 Å². The van der Waals surface area contributed by atoms with Crippen molar-refractivity contribution in [1.29, 1.82) is 0 Å². The van der Waals surface area contributed by atoms with Crippen molar-refractivity contribution < 1.29 is 0 Å². The predicted molar refractivity (Wildman–Crippen MR) is 84.5 cm³/mol. The molecule has 0 unspecified atom stereocenters. The van der Waals surface area contributed by atoms with E-state index in [1.165, 1.54) is 5.56 Å². The quantitative estimate of drug-likeness (QED) is 0.576. The van der Waals surface area contributed by atoms with E-state index in [4.69, 9.17) is 23.2 Å². The molecule has 0 aliphatic heterocycles. The molecule has 3 rings (SSSR count). The van der Waals surface area contributed by atoms with Gasteiger partial charge in [0.1, 0.15) is 5.15 Å². The number of hydrogen-bond donors (Lipinski definition) is 0. The van der Waals surface area contributed by atoms with Gasteiger partial charge in [-0.1, -0.05) is 59.1 Å². The highest BCUT2D eigenvalue weighted by atomic mass is 35.5. The maximum Gasteiger partial charge on any atom is 0.161 e. The maximum absolute atomic E-state index is 6.29. The molecule has 0 aliphatic rings. The van der Waals surface area contributed by atoms with Gasteiger partial charge in [0.05, 0.1) is 15.9 Å². The van der Waals surface area contributed by atoms with Crippen LogP contribution in [0.25, 0.3) is 22.3 Å². The molecule has 0 radical (unpaired) electrons. The Balaban J connectivity index is 2.29. The monoisotopic (exact) mass is 302 g/mol. The number of rotatable bonds is 1. The van der Waals surface area contributed by atoms with E-state index >= 15 is 0 Å². The van der Waals surface area contributed by atoms with Gasteiger partial charge in [0.15, 0.2) is 5.82 Å². The fourth-order valence-corrected chi connectivity index (χ4v) is 2.68. The summed E-state index contributed by atoms with van der Waals surface area (Å²) in [7, 11) is 0. The molecule has 20 heavy (non-hydrogen) atoms. The van der Waals surface area contributed by atoms with Crippen molar-refractivity contribution in [3.8, 4) is 11.4 Å². The zero-order chi connectivity index (χ0) is 14.3. The molecule has 4 heteroatoms. The van der Waals surface area contributed by atoms with Crippen molar-refractivity contribution in [2.75, 3.05) is 0 Å². The van der Waals surface area contributed by atoms with Crippen LogP contribution in [0.2, 0.25) is 10.2 Å². The van der Waals surface area contributed by atoms with E-state index in [-0.39, 0.29) is 0 Å².